The normalized spacial score (nSPS) is 10.1. The van der Waals surface area contributed by atoms with Gasteiger partial charge in [0.15, 0.2) is 0 Å². The molecular formula is C35H37FN4O5. The van der Waals surface area contributed by atoms with Gasteiger partial charge in [-0.15, -0.1) is 0 Å². The van der Waals surface area contributed by atoms with E-state index in [1.54, 1.807) is 38.4 Å². The van der Waals surface area contributed by atoms with E-state index in [2.05, 4.69) is 21.9 Å². The number of furan rings is 1. The van der Waals surface area contributed by atoms with E-state index in [9.17, 15) is 9.18 Å². The fraction of sp³-hybridized carbons (Fsp3) is 0.171. The van der Waals surface area contributed by atoms with Gasteiger partial charge in [0.1, 0.15) is 36.4 Å². The third kappa shape index (κ3) is 7.66. The van der Waals surface area contributed by atoms with Crippen LogP contribution in [0.2, 0.25) is 0 Å². The summed E-state index contributed by atoms with van der Waals surface area (Å²) >= 11 is 0. The molecule has 0 fully saturated rings. The summed E-state index contributed by atoms with van der Waals surface area (Å²) in [5.41, 5.74) is 5.52. The molecule has 0 spiro atoms. The fourth-order valence-electron chi connectivity index (χ4n) is 4.50. The van der Waals surface area contributed by atoms with Crippen LogP contribution < -0.4 is 10.2 Å². The Morgan fingerprint density at radius 3 is 2.18 bits per heavy atom. The third-order valence-corrected chi connectivity index (χ3v) is 6.34. The van der Waals surface area contributed by atoms with E-state index < -0.39 is 0 Å². The zero-order chi connectivity index (χ0) is 33.7. The van der Waals surface area contributed by atoms with Crippen molar-refractivity contribution in [2.75, 3.05) is 26.0 Å². The van der Waals surface area contributed by atoms with E-state index in [4.69, 9.17) is 18.4 Å². The maximum atomic E-state index is 13.6. The number of fused-ring (bicyclic) bond motifs is 1. The van der Waals surface area contributed by atoms with Gasteiger partial charge in [0.05, 0.1) is 5.56 Å². The number of nitrogens with one attached hydrogen (secondary N) is 1. The zero-order valence-electron chi connectivity index (χ0n) is 26.3. The summed E-state index contributed by atoms with van der Waals surface area (Å²) in [6.45, 7) is 13.6. The number of aromatic nitrogens is 1. The van der Waals surface area contributed by atoms with Gasteiger partial charge in [-0.2, -0.15) is 0 Å². The monoisotopic (exact) mass is 612 g/mol. The molecule has 0 aliphatic rings. The molecule has 0 aliphatic heterocycles. The molecule has 2 heterocycles. The molecule has 10 heteroatoms. The Morgan fingerprint density at radius 1 is 0.956 bits per heavy atom. The number of oxazole rings is 1. The van der Waals surface area contributed by atoms with Crippen molar-refractivity contribution < 1.29 is 27.6 Å². The van der Waals surface area contributed by atoms with Crippen LogP contribution in [-0.4, -0.2) is 51.8 Å². The highest BCUT2D eigenvalue weighted by Gasteiger charge is 2.24. The van der Waals surface area contributed by atoms with E-state index in [-0.39, 0.29) is 11.7 Å². The number of hydrogen-bond acceptors (Lipinski definition) is 8. The molecule has 0 atom stereocenters. The maximum absolute atomic E-state index is 13.6. The van der Waals surface area contributed by atoms with Crippen molar-refractivity contribution >= 4 is 54.3 Å². The molecule has 45 heavy (non-hydrogen) atoms. The number of carbonyl (C=O) groups is 3. The molecule has 0 saturated carbocycles. The van der Waals surface area contributed by atoms with Crippen molar-refractivity contribution in [3.05, 3.63) is 84.3 Å². The Balaban J connectivity index is 0.00000111. The molecule has 234 valence electrons. The number of rotatable bonds is 7. The summed E-state index contributed by atoms with van der Waals surface area (Å²) in [4.78, 5) is 39.8. The first-order chi connectivity index (χ1) is 21.8. The number of anilines is 1. The van der Waals surface area contributed by atoms with E-state index in [0.29, 0.717) is 45.3 Å². The highest BCUT2D eigenvalue weighted by Crippen LogP contribution is 2.41. The molecule has 0 saturated heterocycles. The summed E-state index contributed by atoms with van der Waals surface area (Å²) in [6, 6.07) is 17.5. The van der Waals surface area contributed by atoms with Gasteiger partial charge in [-0.3, -0.25) is 4.79 Å². The van der Waals surface area contributed by atoms with Gasteiger partial charge in [0.25, 0.3) is 5.91 Å². The van der Waals surface area contributed by atoms with E-state index in [1.165, 1.54) is 12.1 Å². The Hall–Kier alpha value is -5.64. The van der Waals surface area contributed by atoms with Gasteiger partial charge < -0.3 is 28.6 Å². The van der Waals surface area contributed by atoms with E-state index >= 15 is 0 Å². The van der Waals surface area contributed by atoms with Crippen LogP contribution in [0, 0.1) is 5.82 Å². The van der Waals surface area contributed by atoms with Crippen LogP contribution in [0.15, 0.2) is 81.1 Å². The Bertz CT molecular complexity index is 1770. The minimum absolute atomic E-state index is 0.300. The lowest BCUT2D eigenvalue weighted by atomic mass is 9.97. The predicted molar refractivity (Wildman–Crippen MR) is 180 cm³/mol. The molecule has 9 nitrogen and oxygen atoms in total. The van der Waals surface area contributed by atoms with Crippen LogP contribution in [0.5, 0.6) is 0 Å². The van der Waals surface area contributed by atoms with Crippen molar-refractivity contribution in [3.8, 4) is 33.9 Å². The van der Waals surface area contributed by atoms with Crippen LogP contribution >= 0.6 is 0 Å². The number of nitrogens with zero attached hydrogens (tertiary/aromatic N) is 3. The lowest BCUT2D eigenvalue weighted by Crippen LogP contribution is -2.18. The largest absolute Gasteiger partial charge is 0.455 e. The standard InChI is InChI=1S/C31H27FN4O3.C2H6.2CH2O/c1-6-24-31(34-7-2)39-30(35-24)20-10-8-9-19(15-20)22-16-23-26(17-25(22)36(4)5)38-28(27(23)29(37)33-3)18-11-13-21(32)14-12-18;3*1-2/h6-17H,1H2,2-5H3,(H,33,37);1-2H3;2*1H2/b34-7-;;;. The third-order valence-electron chi connectivity index (χ3n) is 6.34. The van der Waals surface area contributed by atoms with Crippen LogP contribution in [0.1, 0.15) is 36.8 Å². The summed E-state index contributed by atoms with van der Waals surface area (Å²) < 4.78 is 25.7. The topological polar surface area (TPSA) is 118 Å². The zero-order valence-corrected chi connectivity index (χ0v) is 26.3. The highest BCUT2D eigenvalue weighted by atomic mass is 19.1. The number of carbonyl (C=O) groups excluding carboxylic acids is 3. The lowest BCUT2D eigenvalue weighted by molar-refractivity contribution is -0.0987. The van der Waals surface area contributed by atoms with Gasteiger partial charge in [0.2, 0.25) is 11.8 Å². The van der Waals surface area contributed by atoms with Crippen LogP contribution in [0.3, 0.4) is 0 Å². The summed E-state index contributed by atoms with van der Waals surface area (Å²) in [5.74, 6) is 0.526. The quantitative estimate of drug-likeness (QED) is 0.185. The first kappa shape index (κ1) is 35.6. The molecular weight excluding hydrogens is 575 g/mol. The smallest absolute Gasteiger partial charge is 0.255 e. The Morgan fingerprint density at radius 2 is 1.60 bits per heavy atom. The van der Waals surface area contributed by atoms with Crippen LogP contribution in [-0.2, 0) is 9.59 Å². The molecule has 3 aromatic carbocycles. The molecule has 0 bridgehead atoms. The van der Waals surface area contributed by atoms with E-state index in [1.807, 2.05) is 82.8 Å². The predicted octanol–water partition coefficient (Wildman–Crippen LogP) is 8.01. The molecule has 5 aromatic rings. The average molecular weight is 613 g/mol. The van der Waals surface area contributed by atoms with Crippen molar-refractivity contribution in [3.63, 3.8) is 0 Å². The lowest BCUT2D eigenvalue weighted by Gasteiger charge is -2.18. The fourth-order valence-corrected chi connectivity index (χ4v) is 4.50. The maximum Gasteiger partial charge on any atom is 0.255 e. The summed E-state index contributed by atoms with van der Waals surface area (Å²) in [6.07, 6.45) is 3.25. The number of benzene rings is 3. The number of amides is 1. The highest BCUT2D eigenvalue weighted by molar-refractivity contribution is 6.13. The van der Waals surface area contributed by atoms with Gasteiger partial charge in [-0.05, 0) is 61.0 Å². The molecule has 0 radical (unpaired) electrons. The van der Waals surface area contributed by atoms with Crippen LogP contribution in [0.4, 0.5) is 16.0 Å². The first-order valence-corrected chi connectivity index (χ1v) is 13.9. The second-order valence-electron chi connectivity index (χ2n) is 9.03. The molecule has 5 rings (SSSR count). The summed E-state index contributed by atoms with van der Waals surface area (Å²) in [5, 5.41) is 3.35. The second-order valence-corrected chi connectivity index (χ2v) is 9.03. The number of halogens is 1. The molecule has 0 unspecified atom stereocenters. The molecule has 1 N–H and O–H groups in total. The SMILES string of the molecule is C=Cc1nc(-c2cccc(-c3cc4c(C(=O)NC)c(-c5ccc(F)cc5)oc4cc3N(C)C)c2)oc1/N=C\C.C=O.C=O.CC. The summed E-state index contributed by atoms with van der Waals surface area (Å²) in [7, 11) is 5.45. The van der Waals surface area contributed by atoms with Gasteiger partial charge in [-0.1, -0.05) is 32.6 Å². The minimum Gasteiger partial charge on any atom is -0.455 e. The van der Waals surface area contributed by atoms with Crippen molar-refractivity contribution in [2.24, 2.45) is 4.99 Å². The Labute approximate surface area is 262 Å². The molecule has 0 aliphatic carbocycles. The molecule has 1 amide bonds. The van der Waals surface area contributed by atoms with Gasteiger partial charge >= 0.3 is 0 Å². The Kier molecular flexibility index (Phi) is 13.3. The van der Waals surface area contributed by atoms with Crippen molar-refractivity contribution in [2.45, 2.75) is 20.8 Å². The molecule has 2 aromatic heterocycles. The minimum atomic E-state index is -0.367. The van der Waals surface area contributed by atoms with E-state index in [0.717, 1.165) is 22.4 Å². The number of hydrogen-bond donors (Lipinski definition) is 1. The average Bonchev–Trinajstić information content (AvgIpc) is 3.68. The van der Waals surface area contributed by atoms with Gasteiger partial charge in [-0.25, -0.2) is 14.4 Å². The van der Waals surface area contributed by atoms with Crippen molar-refractivity contribution in [1.29, 1.82) is 0 Å². The van der Waals surface area contributed by atoms with Crippen molar-refractivity contribution in [1.82, 2.24) is 10.3 Å². The van der Waals surface area contributed by atoms with Gasteiger partial charge in [0, 0.05) is 61.2 Å². The first-order valence-electron chi connectivity index (χ1n) is 13.9. The van der Waals surface area contributed by atoms with Crippen LogP contribution in [0.25, 0.3) is 51.0 Å². The second kappa shape index (κ2) is 16.9. The number of aliphatic imine (C=N–C) groups is 1.